The van der Waals surface area contributed by atoms with Gasteiger partial charge in [0.15, 0.2) is 5.65 Å². The first-order valence-corrected chi connectivity index (χ1v) is 10.9. The van der Waals surface area contributed by atoms with Gasteiger partial charge in [-0.1, -0.05) is 18.2 Å². The molecule has 0 saturated carbocycles. The fourth-order valence-electron chi connectivity index (χ4n) is 3.82. The van der Waals surface area contributed by atoms with Crippen molar-refractivity contribution >= 4 is 48.8 Å². The minimum atomic E-state index is -0.148. The Bertz CT molecular complexity index is 1190. The summed E-state index contributed by atoms with van der Waals surface area (Å²) in [5, 5.41) is 9.99. The average Bonchev–Trinajstić information content (AvgIpc) is 2.94. The van der Waals surface area contributed by atoms with E-state index in [1.807, 2.05) is 29.8 Å². The van der Waals surface area contributed by atoms with Crippen LogP contribution in [-0.4, -0.2) is 33.2 Å². The van der Waals surface area contributed by atoms with Gasteiger partial charge in [-0.15, -0.1) is 0 Å². The van der Waals surface area contributed by atoms with Gasteiger partial charge in [0, 0.05) is 26.2 Å². The number of nitriles is 1. The molecule has 3 aromatic rings. The van der Waals surface area contributed by atoms with Gasteiger partial charge in [-0.05, 0) is 56.3 Å². The predicted molar refractivity (Wildman–Crippen MR) is 120 cm³/mol. The number of hydrogen-bond acceptors (Lipinski definition) is 5. The molecule has 1 aliphatic heterocycles. The van der Waals surface area contributed by atoms with Crippen molar-refractivity contribution in [3.05, 3.63) is 54.8 Å². The van der Waals surface area contributed by atoms with Crippen LogP contribution in [0.4, 0.5) is 5.95 Å². The molecule has 29 heavy (non-hydrogen) atoms. The number of nitrogens with two attached hydrogens (primary N) is 1. The van der Waals surface area contributed by atoms with Crippen LogP contribution in [0.15, 0.2) is 38.1 Å². The highest BCUT2D eigenvalue weighted by Gasteiger charge is 2.26. The van der Waals surface area contributed by atoms with Crippen LogP contribution in [0.1, 0.15) is 24.0 Å². The van der Waals surface area contributed by atoms with Gasteiger partial charge in [0.1, 0.15) is 4.60 Å². The van der Waals surface area contributed by atoms with Crippen molar-refractivity contribution in [1.82, 2.24) is 14.1 Å². The molecule has 0 radical (unpaired) electrons. The minimum Gasteiger partial charge on any atom is -0.341 e. The molecule has 1 atom stereocenters. The van der Waals surface area contributed by atoms with E-state index in [4.69, 9.17) is 10.7 Å². The van der Waals surface area contributed by atoms with E-state index in [-0.39, 0.29) is 18.1 Å². The molecule has 1 fully saturated rings. The molecule has 4 rings (SSSR count). The summed E-state index contributed by atoms with van der Waals surface area (Å²) in [6.45, 7) is 1.70. The van der Waals surface area contributed by atoms with Crippen LogP contribution in [-0.2, 0) is 13.6 Å². The highest BCUT2D eigenvalue weighted by molar-refractivity contribution is 9.13. The lowest BCUT2D eigenvalue weighted by Crippen LogP contribution is -2.45. The largest absolute Gasteiger partial charge is 0.341 e. The maximum Gasteiger partial charge on any atom is 0.265 e. The van der Waals surface area contributed by atoms with Crippen LogP contribution < -0.4 is 16.2 Å². The van der Waals surface area contributed by atoms with Gasteiger partial charge in [0.05, 0.1) is 28.0 Å². The van der Waals surface area contributed by atoms with Crippen molar-refractivity contribution < 1.29 is 0 Å². The van der Waals surface area contributed by atoms with Gasteiger partial charge in [-0.25, -0.2) is 0 Å². The maximum absolute atomic E-state index is 13.6. The van der Waals surface area contributed by atoms with Crippen molar-refractivity contribution in [1.29, 1.82) is 5.26 Å². The molecule has 9 heteroatoms. The Hall–Kier alpha value is -2.15. The fourth-order valence-corrected chi connectivity index (χ4v) is 4.80. The average molecular weight is 520 g/mol. The Kier molecular flexibility index (Phi) is 5.51. The van der Waals surface area contributed by atoms with Crippen LogP contribution >= 0.6 is 31.9 Å². The molecule has 7 nitrogen and oxygen atoms in total. The third kappa shape index (κ3) is 3.50. The third-order valence-electron chi connectivity index (χ3n) is 5.35. The Morgan fingerprint density at radius 3 is 2.83 bits per heavy atom. The van der Waals surface area contributed by atoms with Gasteiger partial charge in [-0.3, -0.25) is 9.36 Å². The van der Waals surface area contributed by atoms with Crippen molar-refractivity contribution in [3.63, 3.8) is 0 Å². The number of fused-ring (bicyclic) bond motifs is 1. The first-order valence-electron chi connectivity index (χ1n) is 9.35. The van der Waals surface area contributed by atoms with Crippen LogP contribution in [0.3, 0.4) is 0 Å². The normalized spacial score (nSPS) is 16.9. The van der Waals surface area contributed by atoms with Crippen molar-refractivity contribution in [2.24, 2.45) is 12.8 Å². The molecule has 1 saturated heterocycles. The number of anilines is 1. The number of hydrogen-bond donors (Lipinski definition) is 1. The van der Waals surface area contributed by atoms with Crippen LogP contribution in [0.5, 0.6) is 0 Å². The number of benzene rings is 1. The van der Waals surface area contributed by atoms with Crippen LogP contribution in [0, 0.1) is 11.3 Å². The molecular weight excluding hydrogens is 500 g/mol. The van der Waals surface area contributed by atoms with Crippen LogP contribution in [0.2, 0.25) is 0 Å². The Labute approximate surface area is 185 Å². The molecule has 2 N–H and O–H groups in total. The minimum absolute atomic E-state index is 0.0445. The molecule has 0 spiro atoms. The summed E-state index contributed by atoms with van der Waals surface area (Å²) >= 11 is 7.05. The molecule has 3 heterocycles. The summed E-state index contributed by atoms with van der Waals surface area (Å²) in [6, 6.07) is 9.59. The zero-order valence-corrected chi connectivity index (χ0v) is 19.1. The molecule has 0 unspecified atom stereocenters. The first-order chi connectivity index (χ1) is 13.9. The molecule has 1 aliphatic rings. The number of halogens is 2. The first kappa shape index (κ1) is 20.1. The molecule has 0 amide bonds. The number of piperidine rings is 1. The lowest BCUT2D eigenvalue weighted by molar-refractivity contribution is 0.491. The number of aryl methyl sites for hydroxylation is 1. The highest BCUT2D eigenvalue weighted by atomic mass is 79.9. The summed E-state index contributed by atoms with van der Waals surface area (Å²) in [6.07, 6.45) is 1.91. The van der Waals surface area contributed by atoms with Crippen molar-refractivity contribution in [3.8, 4) is 6.07 Å². The Morgan fingerprint density at radius 1 is 1.34 bits per heavy atom. The number of nitrogens with zero attached hydrogens (tertiary/aromatic N) is 5. The molecule has 0 bridgehead atoms. The monoisotopic (exact) mass is 518 g/mol. The van der Waals surface area contributed by atoms with Crippen molar-refractivity contribution in [2.75, 3.05) is 18.0 Å². The van der Waals surface area contributed by atoms with Gasteiger partial charge >= 0.3 is 0 Å². The zero-order valence-electron chi connectivity index (χ0n) is 15.9. The van der Waals surface area contributed by atoms with Gasteiger partial charge in [-0.2, -0.15) is 10.2 Å². The Balaban J connectivity index is 1.96. The van der Waals surface area contributed by atoms with E-state index in [0.717, 1.165) is 29.6 Å². The molecular formula is C20H20Br2N6O. The second-order valence-corrected chi connectivity index (χ2v) is 8.83. The quantitative estimate of drug-likeness (QED) is 0.574. The smallest absolute Gasteiger partial charge is 0.265 e. The fraction of sp³-hybridized carbons (Fsp3) is 0.350. The van der Waals surface area contributed by atoms with Gasteiger partial charge in [0.25, 0.3) is 5.56 Å². The van der Waals surface area contributed by atoms with E-state index in [1.54, 1.807) is 10.6 Å². The summed E-state index contributed by atoms with van der Waals surface area (Å²) in [5.41, 5.74) is 7.99. The van der Waals surface area contributed by atoms with E-state index in [9.17, 15) is 10.1 Å². The highest BCUT2D eigenvalue weighted by Crippen LogP contribution is 2.32. The summed E-state index contributed by atoms with van der Waals surface area (Å²) < 4.78 is 4.94. The molecule has 0 aliphatic carbocycles. The molecule has 150 valence electrons. The van der Waals surface area contributed by atoms with Crippen LogP contribution in [0.25, 0.3) is 11.0 Å². The van der Waals surface area contributed by atoms with E-state index < -0.39 is 0 Å². The lowest BCUT2D eigenvalue weighted by Gasteiger charge is -2.33. The second-order valence-electron chi connectivity index (χ2n) is 7.28. The number of aromatic nitrogens is 3. The van der Waals surface area contributed by atoms with E-state index >= 15 is 0 Å². The molecule has 1 aromatic carbocycles. The summed E-state index contributed by atoms with van der Waals surface area (Å²) in [5.74, 6) is 0.589. The lowest BCUT2D eigenvalue weighted by atomic mass is 10.1. The SMILES string of the molecule is Cn1c(Br)c(Br)c2c(=O)n(Cc3ccccc3C#N)c(N3CCC[C@@H](N)C3)nc21. The zero-order chi connectivity index (χ0) is 20.7. The molecule has 2 aromatic heterocycles. The summed E-state index contributed by atoms with van der Waals surface area (Å²) in [7, 11) is 1.87. The topological polar surface area (TPSA) is 92.9 Å². The Morgan fingerprint density at radius 2 is 2.10 bits per heavy atom. The van der Waals surface area contributed by atoms with E-state index in [0.29, 0.717) is 33.6 Å². The number of rotatable bonds is 3. The third-order valence-corrected chi connectivity index (χ3v) is 7.58. The van der Waals surface area contributed by atoms with Crippen molar-refractivity contribution in [2.45, 2.75) is 25.4 Å². The maximum atomic E-state index is 13.6. The predicted octanol–water partition coefficient (Wildman–Crippen LogP) is 3.11. The summed E-state index contributed by atoms with van der Waals surface area (Å²) in [4.78, 5) is 20.5. The van der Waals surface area contributed by atoms with E-state index in [1.165, 1.54) is 0 Å². The standard InChI is InChI=1S/C20H20Br2N6O/c1-26-17(22)16(21)15-18(26)25-20(27-8-4-7-14(24)11-27)28(19(15)29)10-13-6-3-2-5-12(13)9-23/h2-3,5-6,14H,4,7-8,10-11,24H2,1H3/t14-/m1/s1. The second kappa shape index (κ2) is 7.94. The van der Waals surface area contributed by atoms with Gasteiger partial charge in [0.2, 0.25) is 5.95 Å². The van der Waals surface area contributed by atoms with E-state index in [2.05, 4.69) is 42.8 Å². The van der Waals surface area contributed by atoms with Gasteiger partial charge < -0.3 is 15.2 Å².